The van der Waals surface area contributed by atoms with Crippen molar-refractivity contribution in [3.8, 4) is 0 Å². The highest BCUT2D eigenvalue weighted by Crippen LogP contribution is 2.25. The van der Waals surface area contributed by atoms with Crippen LogP contribution in [0.1, 0.15) is 26.3 Å². The van der Waals surface area contributed by atoms with E-state index in [0.717, 1.165) is 0 Å². The van der Waals surface area contributed by atoms with Crippen molar-refractivity contribution in [2.45, 2.75) is 0 Å². The van der Waals surface area contributed by atoms with Crippen LogP contribution in [0.2, 0.25) is 10.0 Å². The van der Waals surface area contributed by atoms with E-state index in [1.54, 1.807) is 24.3 Å². The Morgan fingerprint density at radius 3 is 2.27 bits per heavy atom. The molecule has 0 saturated carbocycles. The van der Waals surface area contributed by atoms with Gasteiger partial charge in [-0.05, 0) is 48.5 Å². The molecule has 0 aliphatic heterocycles. The maximum atomic E-state index is 14.0. The Kier molecular flexibility index (Phi) is 5.35. The van der Waals surface area contributed by atoms with Crippen molar-refractivity contribution in [3.63, 3.8) is 0 Å². The van der Waals surface area contributed by atoms with E-state index in [0.29, 0.717) is 15.6 Å². The number of nitrogens with one attached hydrogen (secondary N) is 1. The summed E-state index contributed by atoms with van der Waals surface area (Å²) in [6, 6.07) is 16.4. The molecular weight excluding hydrogens is 376 g/mol. The second kappa shape index (κ2) is 7.68. The number of anilines is 1. The number of carbonyl (C=O) groups is 2. The fraction of sp³-hybridized carbons (Fsp3) is 0. The number of hydrogen-bond acceptors (Lipinski definition) is 2. The Labute approximate surface area is 159 Å². The van der Waals surface area contributed by atoms with Crippen molar-refractivity contribution in [3.05, 3.63) is 99.3 Å². The average molecular weight is 388 g/mol. The second-order valence-electron chi connectivity index (χ2n) is 5.46. The van der Waals surface area contributed by atoms with Crippen LogP contribution in [0, 0.1) is 5.82 Å². The fourth-order valence-corrected chi connectivity index (χ4v) is 2.79. The van der Waals surface area contributed by atoms with Crippen LogP contribution in [0.3, 0.4) is 0 Å². The molecule has 0 unspecified atom stereocenters. The minimum absolute atomic E-state index is 0.0954. The molecule has 0 atom stereocenters. The fourth-order valence-electron chi connectivity index (χ4n) is 2.43. The van der Waals surface area contributed by atoms with Crippen LogP contribution < -0.4 is 5.32 Å². The SMILES string of the molecule is O=C(Nc1ccc(Cl)cc1C(=O)c1ccccc1F)c1cccc(Cl)c1. The minimum atomic E-state index is -0.649. The predicted octanol–water partition coefficient (Wildman–Crippen LogP) is 5.62. The number of amides is 1. The first-order valence-corrected chi connectivity index (χ1v) is 8.37. The summed E-state index contributed by atoms with van der Waals surface area (Å²) in [5.41, 5.74) is 0.551. The first kappa shape index (κ1) is 18.1. The summed E-state index contributed by atoms with van der Waals surface area (Å²) < 4.78 is 14.0. The molecule has 130 valence electrons. The summed E-state index contributed by atoms with van der Waals surface area (Å²) in [6.07, 6.45) is 0. The lowest BCUT2D eigenvalue weighted by atomic mass is 10.0. The van der Waals surface area contributed by atoms with Gasteiger partial charge in [0.25, 0.3) is 5.91 Å². The largest absolute Gasteiger partial charge is 0.321 e. The van der Waals surface area contributed by atoms with Gasteiger partial charge in [0, 0.05) is 21.2 Å². The van der Waals surface area contributed by atoms with Gasteiger partial charge in [-0.2, -0.15) is 0 Å². The van der Waals surface area contributed by atoms with Gasteiger partial charge in [-0.3, -0.25) is 9.59 Å². The molecule has 1 amide bonds. The van der Waals surface area contributed by atoms with Crippen LogP contribution in [0.15, 0.2) is 66.7 Å². The van der Waals surface area contributed by atoms with Crippen LogP contribution in [0.4, 0.5) is 10.1 Å². The van der Waals surface area contributed by atoms with E-state index >= 15 is 0 Å². The van der Waals surface area contributed by atoms with E-state index < -0.39 is 17.5 Å². The zero-order valence-corrected chi connectivity index (χ0v) is 14.8. The minimum Gasteiger partial charge on any atom is -0.321 e. The van der Waals surface area contributed by atoms with E-state index in [4.69, 9.17) is 23.2 Å². The number of rotatable bonds is 4. The van der Waals surface area contributed by atoms with Crippen LogP contribution >= 0.6 is 23.2 Å². The van der Waals surface area contributed by atoms with Crippen LogP contribution in [0.5, 0.6) is 0 Å². The van der Waals surface area contributed by atoms with Crippen LogP contribution in [0.25, 0.3) is 0 Å². The summed E-state index contributed by atoms with van der Waals surface area (Å²) in [5.74, 6) is -1.67. The van der Waals surface area contributed by atoms with Crippen molar-refractivity contribution in [2.24, 2.45) is 0 Å². The molecule has 3 aromatic carbocycles. The molecule has 0 saturated heterocycles. The topological polar surface area (TPSA) is 46.2 Å². The molecule has 0 spiro atoms. The number of carbonyl (C=O) groups excluding carboxylic acids is 2. The number of ketones is 1. The van der Waals surface area contributed by atoms with Gasteiger partial charge in [0.2, 0.25) is 0 Å². The van der Waals surface area contributed by atoms with Crippen molar-refractivity contribution < 1.29 is 14.0 Å². The molecule has 26 heavy (non-hydrogen) atoms. The molecule has 3 nitrogen and oxygen atoms in total. The average Bonchev–Trinajstić information content (AvgIpc) is 2.63. The first-order valence-electron chi connectivity index (χ1n) is 7.61. The lowest BCUT2D eigenvalue weighted by Crippen LogP contribution is -2.15. The Bertz CT molecular complexity index is 1000. The summed E-state index contributed by atoms with van der Waals surface area (Å²) in [7, 11) is 0. The Hall–Kier alpha value is -2.69. The number of halogens is 3. The van der Waals surface area contributed by atoms with Crippen molar-refractivity contribution in [1.29, 1.82) is 0 Å². The molecule has 0 fully saturated rings. The lowest BCUT2D eigenvalue weighted by Gasteiger charge is -2.12. The summed E-state index contributed by atoms with van der Waals surface area (Å²) in [4.78, 5) is 25.2. The van der Waals surface area contributed by atoms with Gasteiger partial charge in [-0.15, -0.1) is 0 Å². The molecular formula is C20H12Cl2FNO2. The molecule has 0 heterocycles. The highest BCUT2D eigenvalue weighted by Gasteiger charge is 2.19. The Morgan fingerprint density at radius 1 is 0.808 bits per heavy atom. The van der Waals surface area contributed by atoms with Gasteiger partial charge in [-0.1, -0.05) is 41.4 Å². The molecule has 0 aliphatic carbocycles. The van der Waals surface area contributed by atoms with Gasteiger partial charge >= 0.3 is 0 Å². The standard InChI is InChI=1S/C20H12Cl2FNO2/c21-13-5-3-4-12(10-13)20(26)24-18-9-8-14(22)11-16(18)19(25)15-6-1-2-7-17(15)23/h1-11H,(H,24,26). The monoisotopic (exact) mass is 387 g/mol. The van der Waals surface area contributed by atoms with E-state index in [2.05, 4.69) is 5.32 Å². The highest BCUT2D eigenvalue weighted by molar-refractivity contribution is 6.32. The molecule has 3 rings (SSSR count). The summed E-state index contributed by atoms with van der Waals surface area (Å²) in [5, 5.41) is 3.36. The molecule has 3 aromatic rings. The number of benzene rings is 3. The predicted molar refractivity (Wildman–Crippen MR) is 101 cm³/mol. The van der Waals surface area contributed by atoms with Gasteiger partial charge in [0.05, 0.1) is 11.3 Å². The van der Waals surface area contributed by atoms with Gasteiger partial charge < -0.3 is 5.32 Å². The van der Waals surface area contributed by atoms with Crippen molar-refractivity contribution >= 4 is 40.6 Å². The van der Waals surface area contributed by atoms with E-state index in [1.807, 2.05) is 0 Å². The van der Waals surface area contributed by atoms with E-state index in [-0.39, 0.29) is 16.8 Å². The second-order valence-corrected chi connectivity index (χ2v) is 6.34. The third-order valence-corrected chi connectivity index (χ3v) is 4.15. The molecule has 0 bridgehead atoms. The normalized spacial score (nSPS) is 10.4. The molecule has 6 heteroatoms. The van der Waals surface area contributed by atoms with Crippen LogP contribution in [-0.2, 0) is 0 Å². The zero-order chi connectivity index (χ0) is 18.7. The van der Waals surface area contributed by atoms with Gasteiger partial charge in [-0.25, -0.2) is 4.39 Å². The smallest absolute Gasteiger partial charge is 0.255 e. The molecule has 0 aromatic heterocycles. The molecule has 0 aliphatic rings. The maximum Gasteiger partial charge on any atom is 0.255 e. The van der Waals surface area contributed by atoms with Crippen molar-refractivity contribution in [2.75, 3.05) is 5.32 Å². The summed E-state index contributed by atoms with van der Waals surface area (Å²) >= 11 is 11.9. The zero-order valence-electron chi connectivity index (χ0n) is 13.3. The quantitative estimate of drug-likeness (QED) is 0.590. The third kappa shape index (κ3) is 3.93. The maximum absolute atomic E-state index is 14.0. The highest BCUT2D eigenvalue weighted by atomic mass is 35.5. The first-order chi connectivity index (χ1) is 12.5. The van der Waals surface area contributed by atoms with Crippen molar-refractivity contribution in [1.82, 2.24) is 0 Å². The van der Waals surface area contributed by atoms with E-state index in [9.17, 15) is 14.0 Å². The Balaban J connectivity index is 1.97. The van der Waals surface area contributed by atoms with Gasteiger partial charge in [0.15, 0.2) is 5.78 Å². The summed E-state index contributed by atoms with van der Waals surface area (Å²) in [6.45, 7) is 0. The Morgan fingerprint density at radius 2 is 1.54 bits per heavy atom. The lowest BCUT2D eigenvalue weighted by molar-refractivity contribution is 0.102. The molecule has 1 N–H and O–H groups in total. The molecule has 0 radical (unpaired) electrons. The van der Waals surface area contributed by atoms with Gasteiger partial charge in [0.1, 0.15) is 5.82 Å². The van der Waals surface area contributed by atoms with E-state index in [1.165, 1.54) is 42.5 Å². The number of hydrogen-bond donors (Lipinski definition) is 1. The van der Waals surface area contributed by atoms with Crippen LogP contribution in [-0.4, -0.2) is 11.7 Å². The third-order valence-electron chi connectivity index (χ3n) is 3.68.